The standard InChI is InChI=1S/C21H16N4/c1-21(2)19-17-10-22-12-24(17)11-13-6-5-7-14(18(13)19)20-23-15-8-3-4-9-16(15)25(20)21/h3-12H,1-2H3. The summed E-state index contributed by atoms with van der Waals surface area (Å²) in [5.74, 6) is 1.05. The predicted molar refractivity (Wildman–Crippen MR) is 99.8 cm³/mol. The predicted octanol–water partition coefficient (Wildman–Crippen LogP) is 4.60. The van der Waals surface area contributed by atoms with Gasteiger partial charge in [0.25, 0.3) is 0 Å². The van der Waals surface area contributed by atoms with Crippen molar-refractivity contribution in [2.45, 2.75) is 19.4 Å². The fourth-order valence-electron chi connectivity index (χ4n) is 4.53. The van der Waals surface area contributed by atoms with Gasteiger partial charge in [0, 0.05) is 22.7 Å². The lowest BCUT2D eigenvalue weighted by atomic mass is 9.83. The molecule has 0 unspecified atom stereocenters. The molecule has 0 atom stereocenters. The molecule has 1 aliphatic rings. The van der Waals surface area contributed by atoms with Crippen LogP contribution in [0.2, 0.25) is 0 Å². The first-order valence-corrected chi connectivity index (χ1v) is 8.52. The van der Waals surface area contributed by atoms with Crippen molar-refractivity contribution in [2.24, 2.45) is 0 Å². The van der Waals surface area contributed by atoms with Gasteiger partial charge in [-0.3, -0.25) is 0 Å². The van der Waals surface area contributed by atoms with E-state index in [1.807, 2.05) is 12.5 Å². The highest BCUT2D eigenvalue weighted by Crippen LogP contribution is 2.47. The first kappa shape index (κ1) is 13.2. The third-order valence-electron chi connectivity index (χ3n) is 5.52. The molecule has 120 valence electrons. The summed E-state index contributed by atoms with van der Waals surface area (Å²) in [6, 6.07) is 14.9. The van der Waals surface area contributed by atoms with Gasteiger partial charge in [0.1, 0.15) is 5.82 Å². The number of benzene rings is 2. The van der Waals surface area contributed by atoms with Crippen LogP contribution in [0.1, 0.15) is 19.4 Å². The zero-order valence-electron chi connectivity index (χ0n) is 14.1. The fourth-order valence-corrected chi connectivity index (χ4v) is 4.53. The van der Waals surface area contributed by atoms with Gasteiger partial charge in [-0.15, -0.1) is 0 Å². The van der Waals surface area contributed by atoms with Gasteiger partial charge in [0.05, 0.1) is 34.6 Å². The highest BCUT2D eigenvalue weighted by Gasteiger charge is 2.37. The molecular formula is C21H16N4. The second kappa shape index (κ2) is 4.09. The summed E-state index contributed by atoms with van der Waals surface area (Å²) in [5, 5.41) is 2.52. The molecule has 0 fully saturated rings. The van der Waals surface area contributed by atoms with Gasteiger partial charge in [-0.2, -0.15) is 0 Å². The van der Waals surface area contributed by atoms with Crippen molar-refractivity contribution in [2.75, 3.05) is 0 Å². The van der Waals surface area contributed by atoms with Gasteiger partial charge >= 0.3 is 0 Å². The molecule has 1 aliphatic heterocycles. The Hall–Kier alpha value is -3.14. The zero-order valence-corrected chi connectivity index (χ0v) is 14.1. The van der Waals surface area contributed by atoms with E-state index < -0.39 is 0 Å². The molecule has 0 bridgehead atoms. The van der Waals surface area contributed by atoms with Crippen molar-refractivity contribution in [3.05, 3.63) is 66.7 Å². The summed E-state index contributed by atoms with van der Waals surface area (Å²) in [6.45, 7) is 4.56. The van der Waals surface area contributed by atoms with Crippen molar-refractivity contribution in [1.29, 1.82) is 0 Å². The van der Waals surface area contributed by atoms with Gasteiger partial charge in [-0.1, -0.05) is 30.3 Å². The lowest BCUT2D eigenvalue weighted by Gasteiger charge is -2.36. The molecule has 25 heavy (non-hydrogen) atoms. The molecule has 5 aromatic rings. The maximum Gasteiger partial charge on any atom is 0.142 e. The quantitative estimate of drug-likeness (QED) is 0.417. The van der Waals surface area contributed by atoms with E-state index >= 15 is 0 Å². The maximum atomic E-state index is 4.98. The third kappa shape index (κ3) is 1.44. The van der Waals surface area contributed by atoms with Crippen LogP contribution in [0.5, 0.6) is 0 Å². The lowest BCUT2D eigenvalue weighted by Crippen LogP contribution is -2.32. The number of hydrogen-bond acceptors (Lipinski definition) is 2. The van der Waals surface area contributed by atoms with Crippen LogP contribution in [0.3, 0.4) is 0 Å². The fraction of sp³-hybridized carbons (Fsp3) is 0.143. The number of nitrogens with zero attached hydrogens (tertiary/aromatic N) is 4. The summed E-state index contributed by atoms with van der Waals surface area (Å²) < 4.78 is 4.51. The molecule has 4 heterocycles. The molecule has 0 saturated heterocycles. The highest BCUT2D eigenvalue weighted by molar-refractivity contribution is 6.04. The normalized spacial score (nSPS) is 15.1. The average Bonchev–Trinajstić information content (AvgIpc) is 3.22. The van der Waals surface area contributed by atoms with Crippen LogP contribution in [-0.4, -0.2) is 18.9 Å². The second-order valence-corrected chi connectivity index (χ2v) is 7.28. The first-order valence-electron chi connectivity index (χ1n) is 8.52. The molecular weight excluding hydrogens is 308 g/mol. The minimum Gasteiger partial charge on any atom is -0.314 e. The molecule has 6 rings (SSSR count). The molecule has 4 heteroatoms. The van der Waals surface area contributed by atoms with Crippen molar-refractivity contribution < 1.29 is 0 Å². The molecule has 0 radical (unpaired) electrons. The summed E-state index contributed by atoms with van der Waals surface area (Å²) >= 11 is 0. The third-order valence-corrected chi connectivity index (χ3v) is 5.52. The molecule has 0 amide bonds. The summed E-state index contributed by atoms with van der Waals surface area (Å²) in [7, 11) is 0. The topological polar surface area (TPSA) is 35.1 Å². The molecule has 2 aromatic carbocycles. The minimum atomic E-state index is -0.222. The molecule has 0 N–H and O–H groups in total. The van der Waals surface area contributed by atoms with Crippen molar-refractivity contribution in [3.8, 4) is 11.4 Å². The van der Waals surface area contributed by atoms with Gasteiger partial charge in [-0.25, -0.2) is 9.97 Å². The number of para-hydroxylation sites is 2. The van der Waals surface area contributed by atoms with Crippen LogP contribution in [0.25, 0.3) is 38.7 Å². The maximum absolute atomic E-state index is 4.98. The number of rotatable bonds is 0. The Kier molecular flexibility index (Phi) is 2.16. The van der Waals surface area contributed by atoms with Gasteiger partial charge in [0.15, 0.2) is 0 Å². The van der Waals surface area contributed by atoms with Gasteiger partial charge < -0.3 is 8.97 Å². The molecule has 0 spiro atoms. The van der Waals surface area contributed by atoms with E-state index in [0.717, 1.165) is 16.9 Å². The number of fused-ring (bicyclic) bond motifs is 6. The Bertz CT molecular complexity index is 1320. The van der Waals surface area contributed by atoms with E-state index in [4.69, 9.17) is 4.98 Å². The Morgan fingerprint density at radius 3 is 2.76 bits per heavy atom. The van der Waals surface area contributed by atoms with E-state index in [-0.39, 0.29) is 5.54 Å². The number of hydrogen-bond donors (Lipinski definition) is 0. The van der Waals surface area contributed by atoms with E-state index in [9.17, 15) is 0 Å². The zero-order chi connectivity index (χ0) is 16.8. The second-order valence-electron chi connectivity index (χ2n) is 7.28. The Morgan fingerprint density at radius 1 is 0.960 bits per heavy atom. The summed E-state index contributed by atoms with van der Waals surface area (Å²) in [4.78, 5) is 9.38. The molecule has 0 saturated carbocycles. The van der Waals surface area contributed by atoms with Crippen molar-refractivity contribution in [3.63, 3.8) is 0 Å². The average molecular weight is 324 g/mol. The Labute approximate surface area is 144 Å². The van der Waals surface area contributed by atoms with Crippen LogP contribution in [0, 0.1) is 0 Å². The van der Waals surface area contributed by atoms with Crippen LogP contribution in [0.15, 0.2) is 61.2 Å². The van der Waals surface area contributed by atoms with Crippen LogP contribution < -0.4 is 0 Å². The van der Waals surface area contributed by atoms with E-state index in [2.05, 4.69) is 76.5 Å². The number of pyridine rings is 1. The summed E-state index contributed by atoms with van der Waals surface area (Å²) in [6.07, 6.45) is 6.02. The molecule has 0 aliphatic carbocycles. The SMILES string of the molecule is CC1(C)c2c3c(cccc3cn3cncc23)-c2nc3ccccc3n21. The number of aromatic nitrogens is 4. The van der Waals surface area contributed by atoms with Crippen LogP contribution >= 0.6 is 0 Å². The van der Waals surface area contributed by atoms with E-state index in [1.165, 1.54) is 27.4 Å². The Balaban J connectivity index is 1.94. The van der Waals surface area contributed by atoms with Crippen molar-refractivity contribution in [1.82, 2.24) is 18.9 Å². The summed E-state index contributed by atoms with van der Waals surface area (Å²) in [5.41, 5.74) is 5.67. The minimum absolute atomic E-state index is 0.222. The van der Waals surface area contributed by atoms with Crippen LogP contribution in [-0.2, 0) is 5.54 Å². The molecule has 3 aromatic heterocycles. The van der Waals surface area contributed by atoms with Gasteiger partial charge in [0.2, 0.25) is 0 Å². The first-order chi connectivity index (χ1) is 12.2. The van der Waals surface area contributed by atoms with E-state index in [1.54, 1.807) is 0 Å². The largest absolute Gasteiger partial charge is 0.314 e. The van der Waals surface area contributed by atoms with E-state index in [0.29, 0.717) is 0 Å². The Morgan fingerprint density at radius 2 is 1.84 bits per heavy atom. The van der Waals surface area contributed by atoms with Crippen molar-refractivity contribution >= 4 is 27.3 Å². The molecule has 4 nitrogen and oxygen atoms in total. The monoisotopic (exact) mass is 324 g/mol. The van der Waals surface area contributed by atoms with Gasteiger partial charge in [-0.05, 0) is 31.4 Å². The van der Waals surface area contributed by atoms with Crippen LogP contribution in [0.4, 0.5) is 0 Å². The number of imidazole rings is 2. The highest BCUT2D eigenvalue weighted by atomic mass is 15.2. The lowest BCUT2D eigenvalue weighted by molar-refractivity contribution is 0.455. The smallest absolute Gasteiger partial charge is 0.142 e.